The lowest BCUT2D eigenvalue weighted by Crippen LogP contribution is -2.23. The SMILES string of the molecule is CC(C)(C)C(=O)OCCCC#N. The topological polar surface area (TPSA) is 50.1 Å². The molecule has 0 aliphatic carbocycles. The summed E-state index contributed by atoms with van der Waals surface area (Å²) >= 11 is 0. The number of nitrogens with zero attached hydrogens (tertiary/aromatic N) is 1. The van der Waals surface area contributed by atoms with E-state index < -0.39 is 5.41 Å². The zero-order chi connectivity index (χ0) is 9.61. The fourth-order valence-electron chi connectivity index (χ4n) is 0.533. The average molecular weight is 169 g/mol. The van der Waals surface area contributed by atoms with Crippen molar-refractivity contribution >= 4 is 5.97 Å². The molecule has 12 heavy (non-hydrogen) atoms. The first-order valence-corrected chi connectivity index (χ1v) is 4.02. The number of rotatable bonds is 3. The molecule has 0 fully saturated rings. The van der Waals surface area contributed by atoms with Gasteiger partial charge in [-0.15, -0.1) is 0 Å². The molecule has 0 rings (SSSR count). The molecule has 3 nitrogen and oxygen atoms in total. The van der Waals surface area contributed by atoms with Crippen LogP contribution in [-0.4, -0.2) is 12.6 Å². The van der Waals surface area contributed by atoms with Crippen molar-refractivity contribution in [2.45, 2.75) is 33.6 Å². The Labute approximate surface area is 73.3 Å². The van der Waals surface area contributed by atoms with Gasteiger partial charge in [-0.05, 0) is 27.2 Å². The predicted octanol–water partition coefficient (Wildman–Crippen LogP) is 1.88. The van der Waals surface area contributed by atoms with Crippen LogP contribution in [0.25, 0.3) is 0 Å². The summed E-state index contributed by atoms with van der Waals surface area (Å²) in [4.78, 5) is 11.1. The molecule has 0 bridgehead atoms. The molecule has 0 aliphatic rings. The van der Waals surface area contributed by atoms with Gasteiger partial charge in [-0.2, -0.15) is 5.26 Å². The molecule has 0 amide bonds. The smallest absolute Gasteiger partial charge is 0.311 e. The van der Waals surface area contributed by atoms with Crippen LogP contribution in [0.3, 0.4) is 0 Å². The van der Waals surface area contributed by atoms with Crippen LogP contribution in [0, 0.1) is 16.7 Å². The Morgan fingerprint density at radius 3 is 2.50 bits per heavy atom. The van der Waals surface area contributed by atoms with E-state index in [1.165, 1.54) is 0 Å². The Morgan fingerprint density at radius 1 is 1.50 bits per heavy atom. The van der Waals surface area contributed by atoms with Crippen molar-refractivity contribution in [1.82, 2.24) is 0 Å². The lowest BCUT2D eigenvalue weighted by molar-refractivity contribution is -0.152. The van der Waals surface area contributed by atoms with E-state index in [2.05, 4.69) is 0 Å². The van der Waals surface area contributed by atoms with Gasteiger partial charge in [-0.3, -0.25) is 4.79 Å². The molecule has 0 spiro atoms. The molecular weight excluding hydrogens is 154 g/mol. The van der Waals surface area contributed by atoms with Crippen LogP contribution < -0.4 is 0 Å². The van der Waals surface area contributed by atoms with Crippen LogP contribution in [0.15, 0.2) is 0 Å². The summed E-state index contributed by atoms with van der Waals surface area (Å²) in [6, 6.07) is 1.99. The Hall–Kier alpha value is -1.04. The predicted molar refractivity (Wildman–Crippen MR) is 45.3 cm³/mol. The highest BCUT2D eigenvalue weighted by Gasteiger charge is 2.22. The molecule has 0 saturated heterocycles. The number of hydrogen-bond acceptors (Lipinski definition) is 3. The number of carbonyl (C=O) groups excluding carboxylic acids is 1. The molecular formula is C9H15NO2. The third-order valence-electron chi connectivity index (χ3n) is 1.28. The summed E-state index contributed by atoms with van der Waals surface area (Å²) in [5.41, 5.74) is -0.438. The first-order chi connectivity index (χ1) is 5.48. The minimum Gasteiger partial charge on any atom is -0.465 e. The third-order valence-corrected chi connectivity index (χ3v) is 1.28. The minimum atomic E-state index is -0.438. The summed E-state index contributed by atoms with van der Waals surface area (Å²) < 4.78 is 4.92. The van der Waals surface area contributed by atoms with Gasteiger partial charge in [0.05, 0.1) is 18.1 Å². The van der Waals surface area contributed by atoms with Crippen molar-refractivity contribution in [2.75, 3.05) is 6.61 Å². The Balaban J connectivity index is 3.53. The molecule has 0 aliphatic heterocycles. The van der Waals surface area contributed by atoms with Crippen LogP contribution in [-0.2, 0) is 9.53 Å². The molecule has 0 radical (unpaired) electrons. The van der Waals surface area contributed by atoms with Crippen molar-refractivity contribution in [2.24, 2.45) is 5.41 Å². The van der Waals surface area contributed by atoms with Crippen LogP contribution in [0.5, 0.6) is 0 Å². The van der Waals surface area contributed by atoms with Crippen molar-refractivity contribution in [3.63, 3.8) is 0 Å². The number of carbonyl (C=O) groups is 1. The van der Waals surface area contributed by atoms with E-state index in [9.17, 15) is 4.79 Å². The summed E-state index contributed by atoms with van der Waals surface area (Å²) in [6.07, 6.45) is 1.07. The van der Waals surface area contributed by atoms with Crippen LogP contribution in [0.2, 0.25) is 0 Å². The zero-order valence-corrected chi connectivity index (χ0v) is 7.89. The minimum absolute atomic E-state index is 0.208. The first-order valence-electron chi connectivity index (χ1n) is 4.02. The molecule has 0 unspecified atom stereocenters. The number of ether oxygens (including phenoxy) is 1. The van der Waals surface area contributed by atoms with Crippen molar-refractivity contribution in [1.29, 1.82) is 5.26 Å². The number of esters is 1. The second kappa shape index (κ2) is 4.76. The van der Waals surface area contributed by atoms with Crippen molar-refractivity contribution < 1.29 is 9.53 Å². The Morgan fingerprint density at radius 2 is 2.08 bits per heavy atom. The monoisotopic (exact) mass is 169 g/mol. The van der Waals surface area contributed by atoms with E-state index in [0.717, 1.165) is 0 Å². The van der Waals surface area contributed by atoms with E-state index in [4.69, 9.17) is 10.00 Å². The highest BCUT2D eigenvalue weighted by atomic mass is 16.5. The molecule has 0 heterocycles. The molecule has 0 saturated carbocycles. The fourth-order valence-corrected chi connectivity index (χ4v) is 0.533. The maximum Gasteiger partial charge on any atom is 0.311 e. The second-order valence-corrected chi connectivity index (χ2v) is 3.65. The molecule has 0 aromatic rings. The maximum atomic E-state index is 11.1. The number of nitriles is 1. The lowest BCUT2D eigenvalue weighted by atomic mass is 9.97. The highest BCUT2D eigenvalue weighted by molar-refractivity contribution is 5.75. The van der Waals surface area contributed by atoms with E-state index >= 15 is 0 Å². The van der Waals surface area contributed by atoms with Crippen molar-refractivity contribution in [3.05, 3.63) is 0 Å². The van der Waals surface area contributed by atoms with Gasteiger partial charge in [0.2, 0.25) is 0 Å². The van der Waals surface area contributed by atoms with Crippen LogP contribution in [0.1, 0.15) is 33.6 Å². The summed E-state index contributed by atoms with van der Waals surface area (Å²) in [6.45, 7) is 5.77. The van der Waals surface area contributed by atoms with Gasteiger partial charge in [-0.1, -0.05) is 0 Å². The quantitative estimate of drug-likeness (QED) is 0.478. The highest BCUT2D eigenvalue weighted by Crippen LogP contribution is 2.15. The second-order valence-electron chi connectivity index (χ2n) is 3.65. The summed E-state index contributed by atoms with van der Waals surface area (Å²) in [5, 5.41) is 8.20. The lowest BCUT2D eigenvalue weighted by Gasteiger charge is -2.15. The normalized spacial score (nSPS) is 10.5. The van der Waals surface area contributed by atoms with Crippen LogP contribution >= 0.6 is 0 Å². The molecule has 3 heteroatoms. The average Bonchev–Trinajstić information content (AvgIpc) is 1.96. The molecule has 0 aromatic heterocycles. The van der Waals surface area contributed by atoms with Crippen LogP contribution in [0.4, 0.5) is 0 Å². The van der Waals surface area contributed by atoms with Gasteiger partial charge >= 0.3 is 5.97 Å². The van der Waals surface area contributed by atoms with E-state index in [-0.39, 0.29) is 5.97 Å². The van der Waals surface area contributed by atoms with Gasteiger partial charge in [0, 0.05) is 6.42 Å². The van der Waals surface area contributed by atoms with Gasteiger partial charge in [0.15, 0.2) is 0 Å². The summed E-state index contributed by atoms with van der Waals surface area (Å²) in [7, 11) is 0. The standard InChI is InChI=1S/C9H15NO2/c1-9(2,3)8(11)12-7-5-4-6-10/h4-5,7H2,1-3H3. The maximum absolute atomic E-state index is 11.1. The molecule has 0 N–H and O–H groups in total. The van der Waals surface area contributed by atoms with Gasteiger partial charge < -0.3 is 4.74 Å². The fraction of sp³-hybridized carbons (Fsp3) is 0.778. The van der Waals surface area contributed by atoms with E-state index in [0.29, 0.717) is 19.4 Å². The molecule has 0 atom stereocenters. The van der Waals surface area contributed by atoms with Gasteiger partial charge in [0.25, 0.3) is 0 Å². The van der Waals surface area contributed by atoms with E-state index in [1.807, 2.05) is 6.07 Å². The molecule has 68 valence electrons. The van der Waals surface area contributed by atoms with Crippen molar-refractivity contribution in [3.8, 4) is 6.07 Å². The first kappa shape index (κ1) is 11.0. The Kier molecular flexibility index (Phi) is 4.35. The summed E-state index contributed by atoms with van der Waals surface area (Å²) in [5.74, 6) is -0.208. The zero-order valence-electron chi connectivity index (χ0n) is 7.89. The Bertz CT molecular complexity index is 186. The van der Waals surface area contributed by atoms with E-state index in [1.54, 1.807) is 20.8 Å². The van der Waals surface area contributed by atoms with Gasteiger partial charge in [-0.25, -0.2) is 0 Å². The van der Waals surface area contributed by atoms with Gasteiger partial charge in [0.1, 0.15) is 0 Å². The number of hydrogen-bond donors (Lipinski definition) is 0. The molecule has 0 aromatic carbocycles. The number of unbranched alkanes of at least 4 members (excludes halogenated alkanes) is 1. The largest absolute Gasteiger partial charge is 0.465 e. The third kappa shape index (κ3) is 4.73.